The van der Waals surface area contributed by atoms with Crippen LogP contribution in [-0.4, -0.2) is 16.7 Å². The van der Waals surface area contributed by atoms with Gasteiger partial charge in [-0.2, -0.15) is 5.10 Å². The van der Waals surface area contributed by atoms with E-state index in [0.29, 0.717) is 10.6 Å². The van der Waals surface area contributed by atoms with E-state index in [4.69, 9.17) is 11.6 Å². The number of hydrogen-bond donors (Lipinski definition) is 1. The lowest BCUT2D eigenvalue weighted by Gasteiger charge is -2.12. The summed E-state index contributed by atoms with van der Waals surface area (Å²) < 4.78 is 2.17. The van der Waals surface area contributed by atoms with E-state index in [1.54, 1.807) is 18.2 Å². The van der Waals surface area contributed by atoms with Gasteiger partial charge < -0.3 is 4.57 Å². The number of hydrogen-bond acceptors (Lipinski definition) is 2. The number of aryl methyl sites for hydroxylation is 1. The Bertz CT molecular complexity index is 1190. The lowest BCUT2D eigenvalue weighted by atomic mass is 10.1. The van der Waals surface area contributed by atoms with Gasteiger partial charge in [-0.25, -0.2) is 5.43 Å². The van der Waals surface area contributed by atoms with Gasteiger partial charge in [0.05, 0.1) is 11.9 Å². The Labute approximate surface area is 180 Å². The first kappa shape index (κ1) is 19.7. The molecule has 0 saturated carbocycles. The zero-order valence-electron chi connectivity index (χ0n) is 16.4. The lowest BCUT2D eigenvalue weighted by Crippen LogP contribution is -2.17. The molecule has 3 aromatic carbocycles. The second-order valence-corrected chi connectivity index (χ2v) is 7.24. The molecule has 0 saturated heterocycles. The molecule has 4 aromatic rings. The molecule has 1 heterocycles. The number of benzene rings is 3. The van der Waals surface area contributed by atoms with E-state index in [1.165, 1.54) is 6.21 Å². The Morgan fingerprint density at radius 1 is 0.900 bits per heavy atom. The molecule has 0 aliphatic carbocycles. The second kappa shape index (κ2) is 8.80. The van der Waals surface area contributed by atoms with Crippen LogP contribution in [0.2, 0.25) is 5.02 Å². The largest absolute Gasteiger partial charge is 0.314 e. The summed E-state index contributed by atoms with van der Waals surface area (Å²) >= 11 is 6.09. The normalized spacial score (nSPS) is 11.0. The number of carbonyl (C=O) groups is 1. The van der Waals surface area contributed by atoms with Crippen molar-refractivity contribution in [3.05, 3.63) is 113 Å². The Balaban J connectivity index is 1.52. The highest BCUT2D eigenvalue weighted by Crippen LogP contribution is 2.26. The maximum absolute atomic E-state index is 12.4. The van der Waals surface area contributed by atoms with Gasteiger partial charge >= 0.3 is 0 Å². The maximum Gasteiger partial charge on any atom is 0.271 e. The third-order valence-electron chi connectivity index (χ3n) is 4.81. The highest BCUT2D eigenvalue weighted by molar-refractivity contribution is 6.33. The number of nitrogens with one attached hydrogen (secondary N) is 1. The van der Waals surface area contributed by atoms with Gasteiger partial charge in [0.1, 0.15) is 0 Å². The van der Waals surface area contributed by atoms with E-state index < -0.39 is 0 Å². The molecule has 0 spiro atoms. The minimum Gasteiger partial charge on any atom is -0.314 e. The summed E-state index contributed by atoms with van der Waals surface area (Å²) in [7, 11) is 0. The molecule has 0 aliphatic rings. The highest BCUT2D eigenvalue weighted by atomic mass is 35.5. The monoisotopic (exact) mass is 413 g/mol. The average Bonchev–Trinajstić information content (AvgIpc) is 3.17. The summed E-state index contributed by atoms with van der Waals surface area (Å²) in [6.45, 7) is 2.07. The van der Waals surface area contributed by atoms with Crippen molar-refractivity contribution in [2.24, 2.45) is 5.10 Å². The minimum atomic E-state index is -0.280. The molecule has 1 amide bonds. The molecule has 0 atom stereocenters. The van der Waals surface area contributed by atoms with Crippen molar-refractivity contribution in [2.45, 2.75) is 6.92 Å². The van der Waals surface area contributed by atoms with Crippen LogP contribution >= 0.6 is 11.6 Å². The summed E-state index contributed by atoms with van der Waals surface area (Å²) in [6, 6.07) is 29.2. The van der Waals surface area contributed by atoms with Crippen LogP contribution in [0.25, 0.3) is 16.9 Å². The molecule has 0 radical (unpaired) electrons. The fourth-order valence-corrected chi connectivity index (χ4v) is 3.47. The van der Waals surface area contributed by atoms with Gasteiger partial charge in [-0.05, 0) is 55.0 Å². The first-order valence-electron chi connectivity index (χ1n) is 9.55. The van der Waals surface area contributed by atoms with Gasteiger partial charge in [-0.3, -0.25) is 4.79 Å². The summed E-state index contributed by atoms with van der Waals surface area (Å²) in [5.74, 6) is -0.280. The average molecular weight is 414 g/mol. The third kappa shape index (κ3) is 4.19. The van der Waals surface area contributed by atoms with Crippen LogP contribution < -0.4 is 5.43 Å². The van der Waals surface area contributed by atoms with Crippen molar-refractivity contribution < 1.29 is 4.79 Å². The van der Waals surface area contributed by atoms with Crippen molar-refractivity contribution in [2.75, 3.05) is 0 Å². The van der Waals surface area contributed by atoms with E-state index in [-0.39, 0.29) is 5.91 Å². The number of aromatic nitrogens is 1. The first-order chi connectivity index (χ1) is 14.6. The molecule has 4 rings (SSSR count). The van der Waals surface area contributed by atoms with Gasteiger partial charge in [-0.1, -0.05) is 60.1 Å². The summed E-state index contributed by atoms with van der Waals surface area (Å²) in [5.41, 5.74) is 8.17. The summed E-state index contributed by atoms with van der Waals surface area (Å²) in [5, 5.41) is 4.58. The molecular formula is C25H20ClN3O. The molecule has 4 nitrogen and oxygen atoms in total. The standard InChI is InChI=1S/C25H20ClN3O/c1-18-11-16-24(19-7-3-2-4-8-19)29(18)22-14-12-20(13-15-22)25(30)28-27-17-21-9-5-6-10-23(21)26/h2-17H,1H3,(H,28,30)/b27-17+. The van der Waals surface area contributed by atoms with Crippen molar-refractivity contribution in [3.63, 3.8) is 0 Å². The molecule has 0 fully saturated rings. The van der Waals surface area contributed by atoms with Crippen LogP contribution in [0.4, 0.5) is 0 Å². The van der Waals surface area contributed by atoms with Gasteiger partial charge in [-0.15, -0.1) is 0 Å². The number of amides is 1. The van der Waals surface area contributed by atoms with Crippen LogP contribution in [0.15, 0.2) is 96.1 Å². The van der Waals surface area contributed by atoms with Crippen molar-refractivity contribution in [1.82, 2.24) is 9.99 Å². The van der Waals surface area contributed by atoms with E-state index in [1.807, 2.05) is 48.5 Å². The van der Waals surface area contributed by atoms with E-state index in [2.05, 4.69) is 46.3 Å². The zero-order chi connectivity index (χ0) is 20.9. The van der Waals surface area contributed by atoms with Crippen LogP contribution in [0.5, 0.6) is 0 Å². The topological polar surface area (TPSA) is 46.4 Å². The van der Waals surface area contributed by atoms with Crippen LogP contribution in [-0.2, 0) is 0 Å². The number of hydrazone groups is 1. The zero-order valence-corrected chi connectivity index (χ0v) is 17.2. The van der Waals surface area contributed by atoms with Crippen LogP contribution in [0.1, 0.15) is 21.6 Å². The summed E-state index contributed by atoms with van der Waals surface area (Å²) in [4.78, 5) is 12.4. The number of halogens is 1. The molecule has 0 unspecified atom stereocenters. The molecule has 5 heteroatoms. The fraction of sp³-hybridized carbons (Fsp3) is 0.0400. The summed E-state index contributed by atoms with van der Waals surface area (Å²) in [6.07, 6.45) is 1.53. The molecule has 0 bridgehead atoms. The smallest absolute Gasteiger partial charge is 0.271 e. The van der Waals surface area contributed by atoms with Crippen molar-refractivity contribution in [3.8, 4) is 16.9 Å². The Morgan fingerprint density at radius 3 is 2.33 bits per heavy atom. The lowest BCUT2D eigenvalue weighted by molar-refractivity contribution is 0.0955. The SMILES string of the molecule is Cc1ccc(-c2ccccc2)n1-c1ccc(C(=O)N/N=C/c2ccccc2Cl)cc1. The van der Waals surface area contributed by atoms with Crippen LogP contribution in [0.3, 0.4) is 0 Å². The van der Waals surface area contributed by atoms with Gasteiger partial charge in [0.2, 0.25) is 0 Å². The first-order valence-corrected chi connectivity index (χ1v) is 9.93. The minimum absolute atomic E-state index is 0.280. The molecular weight excluding hydrogens is 394 g/mol. The fourth-order valence-electron chi connectivity index (χ4n) is 3.28. The maximum atomic E-state index is 12.4. The van der Waals surface area contributed by atoms with Crippen molar-refractivity contribution in [1.29, 1.82) is 0 Å². The molecule has 0 aliphatic heterocycles. The van der Waals surface area contributed by atoms with E-state index in [0.717, 1.165) is 28.2 Å². The van der Waals surface area contributed by atoms with Crippen LogP contribution in [0, 0.1) is 6.92 Å². The van der Waals surface area contributed by atoms with E-state index >= 15 is 0 Å². The predicted molar refractivity (Wildman–Crippen MR) is 122 cm³/mol. The van der Waals surface area contributed by atoms with Gasteiger partial charge in [0.15, 0.2) is 0 Å². The molecule has 1 N–H and O–H groups in total. The second-order valence-electron chi connectivity index (χ2n) is 6.83. The van der Waals surface area contributed by atoms with Gasteiger partial charge in [0, 0.05) is 27.5 Å². The highest BCUT2D eigenvalue weighted by Gasteiger charge is 2.10. The van der Waals surface area contributed by atoms with Gasteiger partial charge in [0.25, 0.3) is 5.91 Å². The molecule has 1 aromatic heterocycles. The predicted octanol–water partition coefficient (Wildman–Crippen LogP) is 5.87. The number of nitrogens with zero attached hydrogens (tertiary/aromatic N) is 2. The molecule has 30 heavy (non-hydrogen) atoms. The Hall–Kier alpha value is -3.63. The Morgan fingerprint density at radius 2 is 1.60 bits per heavy atom. The van der Waals surface area contributed by atoms with E-state index in [9.17, 15) is 4.79 Å². The third-order valence-corrected chi connectivity index (χ3v) is 5.15. The quantitative estimate of drug-likeness (QED) is 0.323. The molecule has 148 valence electrons. The Kier molecular flexibility index (Phi) is 5.77. The number of rotatable bonds is 5. The number of carbonyl (C=O) groups excluding carboxylic acids is 1. The van der Waals surface area contributed by atoms with Crippen molar-refractivity contribution >= 4 is 23.7 Å².